The highest BCUT2D eigenvalue weighted by atomic mass is 28.2. The summed E-state index contributed by atoms with van der Waals surface area (Å²) in [5.74, 6) is 0.909. The third-order valence-corrected chi connectivity index (χ3v) is 1.71. The first-order valence-corrected chi connectivity index (χ1v) is 4.42. The van der Waals surface area contributed by atoms with Gasteiger partial charge in [-0.25, -0.2) is 0 Å². The maximum absolute atomic E-state index is 5.34. The number of ether oxygens (including phenoxy) is 1. The van der Waals surface area contributed by atoms with Gasteiger partial charge in [0, 0.05) is 0 Å². The second-order valence-electron chi connectivity index (χ2n) is 2.15. The Morgan fingerprint density at radius 2 is 1.82 bits per heavy atom. The quantitative estimate of drug-likeness (QED) is 0.477. The van der Waals surface area contributed by atoms with Crippen LogP contribution in [0.4, 0.5) is 0 Å². The molecule has 0 saturated heterocycles. The topological polar surface area (TPSA) is 18.5 Å². The van der Waals surface area contributed by atoms with Gasteiger partial charge in [0.25, 0.3) is 0 Å². The van der Waals surface area contributed by atoms with Crippen molar-refractivity contribution in [1.82, 2.24) is 0 Å². The molecule has 0 spiro atoms. The summed E-state index contributed by atoms with van der Waals surface area (Å²) in [6.45, 7) is 1.34. The minimum atomic E-state index is 0.646. The van der Waals surface area contributed by atoms with Gasteiger partial charge in [-0.2, -0.15) is 0 Å². The van der Waals surface area contributed by atoms with Gasteiger partial charge >= 0.3 is 0 Å². The summed E-state index contributed by atoms with van der Waals surface area (Å²) in [5, 5.41) is 0. The average Bonchev–Trinajstić information content (AvgIpc) is 2.07. The molecule has 0 N–H and O–H groups in total. The van der Waals surface area contributed by atoms with E-state index in [1.807, 2.05) is 30.3 Å². The van der Waals surface area contributed by atoms with Crippen LogP contribution in [-0.2, 0) is 4.43 Å². The van der Waals surface area contributed by atoms with Crippen LogP contribution >= 0.6 is 0 Å². The molecule has 0 fully saturated rings. The third kappa shape index (κ3) is 3.20. The maximum Gasteiger partial charge on any atom is 0.146 e. The standard InChI is InChI=1S/C8H12O2Si/c11-10-7-6-9-8-4-2-1-3-5-8/h1-5H,6-7H2,11H3. The Morgan fingerprint density at radius 1 is 1.09 bits per heavy atom. The number of benzene rings is 1. The van der Waals surface area contributed by atoms with E-state index in [0.717, 1.165) is 16.2 Å². The fourth-order valence-electron chi connectivity index (χ4n) is 0.760. The molecule has 0 aliphatic carbocycles. The van der Waals surface area contributed by atoms with Gasteiger partial charge in [0.1, 0.15) is 22.8 Å². The van der Waals surface area contributed by atoms with Crippen molar-refractivity contribution in [2.45, 2.75) is 0 Å². The van der Waals surface area contributed by atoms with Crippen molar-refractivity contribution in [3.05, 3.63) is 30.3 Å². The molecule has 0 aromatic heterocycles. The molecule has 2 nitrogen and oxygen atoms in total. The van der Waals surface area contributed by atoms with E-state index in [2.05, 4.69) is 0 Å². The third-order valence-electron chi connectivity index (χ3n) is 1.30. The fraction of sp³-hybridized carbons (Fsp3) is 0.250. The number of hydrogen-bond acceptors (Lipinski definition) is 2. The molecule has 0 radical (unpaired) electrons. The Morgan fingerprint density at radius 3 is 2.45 bits per heavy atom. The van der Waals surface area contributed by atoms with Crippen LogP contribution in [0.1, 0.15) is 0 Å². The van der Waals surface area contributed by atoms with E-state index in [0.29, 0.717) is 13.2 Å². The monoisotopic (exact) mass is 168 g/mol. The van der Waals surface area contributed by atoms with Gasteiger partial charge in [-0.1, -0.05) is 18.2 Å². The van der Waals surface area contributed by atoms with Crippen LogP contribution in [0.2, 0.25) is 0 Å². The molecule has 0 heterocycles. The summed E-state index contributed by atoms with van der Waals surface area (Å²) in [6, 6.07) is 9.75. The van der Waals surface area contributed by atoms with E-state index in [9.17, 15) is 0 Å². The number of rotatable bonds is 4. The van der Waals surface area contributed by atoms with Gasteiger partial charge < -0.3 is 9.16 Å². The largest absolute Gasteiger partial charge is 0.491 e. The maximum atomic E-state index is 5.34. The van der Waals surface area contributed by atoms with Crippen LogP contribution in [-0.4, -0.2) is 23.7 Å². The number of para-hydroxylation sites is 1. The molecule has 0 aliphatic heterocycles. The predicted octanol–water partition coefficient (Wildman–Crippen LogP) is 0.362. The molecule has 0 saturated carbocycles. The fourth-order valence-corrected chi connectivity index (χ4v) is 0.926. The second kappa shape index (κ2) is 4.93. The average molecular weight is 168 g/mol. The summed E-state index contributed by atoms with van der Waals surface area (Å²) in [5.41, 5.74) is 0. The molecular weight excluding hydrogens is 156 g/mol. The Labute approximate surface area is 69.7 Å². The lowest BCUT2D eigenvalue weighted by Crippen LogP contribution is -2.04. The Bertz CT molecular complexity index is 189. The summed E-state index contributed by atoms with van der Waals surface area (Å²) >= 11 is 0. The summed E-state index contributed by atoms with van der Waals surface area (Å²) in [7, 11) is 0.786. The van der Waals surface area contributed by atoms with Gasteiger partial charge in [-0.05, 0) is 12.1 Å². The normalized spacial score (nSPS) is 9.82. The summed E-state index contributed by atoms with van der Waals surface area (Å²) in [4.78, 5) is 0. The molecule has 0 atom stereocenters. The van der Waals surface area contributed by atoms with Gasteiger partial charge in [0.15, 0.2) is 0 Å². The first-order chi connectivity index (χ1) is 5.43. The lowest BCUT2D eigenvalue weighted by molar-refractivity contribution is 0.229. The zero-order chi connectivity index (χ0) is 7.94. The van der Waals surface area contributed by atoms with Gasteiger partial charge in [0.2, 0.25) is 0 Å². The van der Waals surface area contributed by atoms with Gasteiger partial charge in [-0.15, -0.1) is 0 Å². The van der Waals surface area contributed by atoms with E-state index in [1.165, 1.54) is 0 Å². The SMILES string of the molecule is [SiH3]OCCOc1ccccc1. The summed E-state index contributed by atoms with van der Waals surface area (Å²) in [6.07, 6.45) is 0. The first kappa shape index (κ1) is 8.29. The van der Waals surface area contributed by atoms with E-state index in [1.54, 1.807) is 0 Å². The zero-order valence-corrected chi connectivity index (χ0v) is 8.62. The van der Waals surface area contributed by atoms with Crippen molar-refractivity contribution < 1.29 is 9.16 Å². The molecule has 0 bridgehead atoms. The second-order valence-corrected chi connectivity index (χ2v) is 2.73. The zero-order valence-electron chi connectivity index (χ0n) is 6.62. The Balaban J connectivity index is 2.28. The van der Waals surface area contributed by atoms with Crippen LogP contribution in [0.3, 0.4) is 0 Å². The van der Waals surface area contributed by atoms with Crippen LogP contribution < -0.4 is 4.74 Å². The lowest BCUT2D eigenvalue weighted by atomic mass is 10.3. The van der Waals surface area contributed by atoms with E-state index in [-0.39, 0.29) is 0 Å². The smallest absolute Gasteiger partial charge is 0.146 e. The molecule has 11 heavy (non-hydrogen) atoms. The molecular formula is C8H12O2Si. The van der Waals surface area contributed by atoms with E-state index >= 15 is 0 Å². The van der Waals surface area contributed by atoms with Crippen LogP contribution in [0, 0.1) is 0 Å². The predicted molar refractivity (Wildman–Crippen MR) is 47.8 cm³/mol. The first-order valence-electron chi connectivity index (χ1n) is 3.60. The molecule has 1 aromatic carbocycles. The highest BCUT2D eigenvalue weighted by Crippen LogP contribution is 2.07. The van der Waals surface area contributed by atoms with E-state index < -0.39 is 0 Å². The summed E-state index contributed by atoms with van der Waals surface area (Å²) < 4.78 is 10.3. The minimum absolute atomic E-state index is 0.646. The molecule has 3 heteroatoms. The van der Waals surface area contributed by atoms with Crippen molar-refractivity contribution in [1.29, 1.82) is 0 Å². The van der Waals surface area contributed by atoms with Crippen LogP contribution in [0.5, 0.6) is 5.75 Å². The van der Waals surface area contributed by atoms with Crippen molar-refractivity contribution in [2.75, 3.05) is 13.2 Å². The Kier molecular flexibility index (Phi) is 3.72. The van der Waals surface area contributed by atoms with E-state index in [4.69, 9.17) is 9.16 Å². The highest BCUT2D eigenvalue weighted by molar-refractivity contribution is 5.97. The highest BCUT2D eigenvalue weighted by Gasteiger charge is 1.88. The van der Waals surface area contributed by atoms with Gasteiger partial charge in [0.05, 0.1) is 6.61 Å². The molecule has 0 unspecified atom stereocenters. The van der Waals surface area contributed by atoms with Crippen molar-refractivity contribution in [2.24, 2.45) is 0 Å². The van der Waals surface area contributed by atoms with Gasteiger partial charge in [-0.3, -0.25) is 0 Å². The Hall–Kier alpha value is -0.803. The van der Waals surface area contributed by atoms with Crippen molar-refractivity contribution in [3.63, 3.8) is 0 Å². The van der Waals surface area contributed by atoms with Crippen LogP contribution in [0.25, 0.3) is 0 Å². The molecule has 0 amide bonds. The van der Waals surface area contributed by atoms with Crippen LogP contribution in [0.15, 0.2) is 30.3 Å². The lowest BCUT2D eigenvalue weighted by Gasteiger charge is -2.03. The minimum Gasteiger partial charge on any atom is -0.491 e. The molecule has 0 aliphatic rings. The molecule has 1 aromatic rings. The van der Waals surface area contributed by atoms with Crippen molar-refractivity contribution in [3.8, 4) is 5.75 Å². The molecule has 60 valence electrons. The molecule has 1 rings (SSSR count). The van der Waals surface area contributed by atoms with Crippen molar-refractivity contribution >= 4 is 10.5 Å². The number of hydrogen-bond donors (Lipinski definition) is 0.